The van der Waals surface area contributed by atoms with Gasteiger partial charge in [-0.25, -0.2) is 4.98 Å². The minimum absolute atomic E-state index is 0.0403. The van der Waals surface area contributed by atoms with Crippen molar-refractivity contribution in [3.8, 4) is 6.07 Å². The van der Waals surface area contributed by atoms with E-state index in [2.05, 4.69) is 39.7 Å². The fourth-order valence-corrected chi connectivity index (χ4v) is 3.20. The Labute approximate surface area is 122 Å². The summed E-state index contributed by atoms with van der Waals surface area (Å²) in [6.07, 6.45) is 1.89. The molecule has 0 saturated carbocycles. The third-order valence-electron chi connectivity index (χ3n) is 3.38. The molecule has 0 aromatic carbocycles. The molecule has 3 rings (SSSR count). The highest BCUT2D eigenvalue weighted by Gasteiger charge is 2.28. The highest BCUT2D eigenvalue weighted by Crippen LogP contribution is 2.30. The Balaban J connectivity index is 1.88. The molecule has 20 heavy (non-hydrogen) atoms. The molecule has 0 bridgehead atoms. The van der Waals surface area contributed by atoms with Crippen molar-refractivity contribution in [2.45, 2.75) is 19.1 Å². The van der Waals surface area contributed by atoms with Crippen LogP contribution in [0.4, 0.5) is 5.82 Å². The van der Waals surface area contributed by atoms with E-state index in [-0.39, 0.29) is 12.2 Å². The summed E-state index contributed by atoms with van der Waals surface area (Å²) in [4.78, 5) is 6.52. The van der Waals surface area contributed by atoms with Crippen molar-refractivity contribution in [2.24, 2.45) is 0 Å². The molecule has 0 N–H and O–H groups in total. The van der Waals surface area contributed by atoms with E-state index in [4.69, 9.17) is 4.74 Å². The van der Waals surface area contributed by atoms with Gasteiger partial charge in [-0.15, -0.1) is 0 Å². The number of thiophene rings is 1. The molecule has 0 amide bonds. The molecule has 2 atom stereocenters. The molecular weight excluding hydrogens is 270 g/mol. The maximum Gasteiger partial charge on any atom is 0.146 e. The van der Waals surface area contributed by atoms with Gasteiger partial charge in [0.2, 0.25) is 0 Å². The first-order chi connectivity index (χ1) is 9.78. The lowest BCUT2D eigenvalue weighted by Crippen LogP contribution is -2.43. The standard InChI is InChI=1S/C15H15N3OS/c1-11-8-18(15-12(7-16)3-2-5-17-15)9-14(19-11)13-4-6-20-10-13/h2-6,10-11,14H,8-9H2,1H3/t11-,14+/m0/s1. The van der Waals surface area contributed by atoms with E-state index in [1.807, 2.05) is 6.07 Å². The quantitative estimate of drug-likeness (QED) is 0.851. The van der Waals surface area contributed by atoms with Crippen LogP contribution in [0.25, 0.3) is 0 Å². The van der Waals surface area contributed by atoms with E-state index in [0.29, 0.717) is 5.56 Å². The van der Waals surface area contributed by atoms with Crippen LogP contribution >= 0.6 is 11.3 Å². The van der Waals surface area contributed by atoms with Crippen molar-refractivity contribution >= 4 is 17.2 Å². The topological polar surface area (TPSA) is 49.2 Å². The minimum Gasteiger partial charge on any atom is -0.367 e. The SMILES string of the molecule is C[C@H]1CN(c2ncccc2C#N)C[C@H](c2ccsc2)O1. The van der Waals surface area contributed by atoms with Crippen molar-refractivity contribution in [1.29, 1.82) is 5.26 Å². The van der Waals surface area contributed by atoms with E-state index in [1.54, 1.807) is 23.6 Å². The van der Waals surface area contributed by atoms with Crippen LogP contribution in [0.5, 0.6) is 0 Å². The summed E-state index contributed by atoms with van der Waals surface area (Å²) in [6, 6.07) is 7.91. The molecule has 4 nitrogen and oxygen atoms in total. The van der Waals surface area contributed by atoms with Gasteiger partial charge in [-0.3, -0.25) is 0 Å². The third-order valence-corrected chi connectivity index (χ3v) is 4.08. The van der Waals surface area contributed by atoms with Crippen LogP contribution in [0.15, 0.2) is 35.2 Å². The second kappa shape index (κ2) is 5.61. The Bertz CT molecular complexity index is 620. The van der Waals surface area contributed by atoms with Crippen LogP contribution in [-0.4, -0.2) is 24.2 Å². The molecule has 5 heteroatoms. The van der Waals surface area contributed by atoms with Crippen LogP contribution in [0, 0.1) is 11.3 Å². The van der Waals surface area contributed by atoms with E-state index in [0.717, 1.165) is 18.9 Å². The molecule has 3 heterocycles. The molecular formula is C15H15N3OS. The van der Waals surface area contributed by atoms with Crippen molar-refractivity contribution in [3.63, 3.8) is 0 Å². The summed E-state index contributed by atoms with van der Waals surface area (Å²) in [5.41, 5.74) is 1.81. The molecule has 2 aromatic heterocycles. The number of pyridine rings is 1. The smallest absolute Gasteiger partial charge is 0.146 e. The summed E-state index contributed by atoms with van der Waals surface area (Å²) in [7, 11) is 0. The average molecular weight is 285 g/mol. The van der Waals surface area contributed by atoms with E-state index in [1.165, 1.54) is 5.56 Å². The number of nitrogens with zero attached hydrogens (tertiary/aromatic N) is 3. The van der Waals surface area contributed by atoms with Crippen LogP contribution in [0.2, 0.25) is 0 Å². The summed E-state index contributed by atoms with van der Waals surface area (Å²) in [6.45, 7) is 3.54. The first-order valence-corrected chi connectivity index (χ1v) is 7.50. The van der Waals surface area contributed by atoms with E-state index in [9.17, 15) is 5.26 Å². The molecule has 0 unspecified atom stereocenters. The third kappa shape index (κ3) is 2.53. The number of hydrogen-bond acceptors (Lipinski definition) is 5. The second-order valence-corrected chi connectivity index (χ2v) is 5.66. The van der Waals surface area contributed by atoms with Crippen molar-refractivity contribution in [2.75, 3.05) is 18.0 Å². The van der Waals surface area contributed by atoms with Crippen LogP contribution in [0.3, 0.4) is 0 Å². The normalized spacial score (nSPS) is 22.5. The zero-order valence-electron chi connectivity index (χ0n) is 11.2. The Morgan fingerprint density at radius 1 is 1.45 bits per heavy atom. The Kier molecular flexibility index (Phi) is 3.68. The van der Waals surface area contributed by atoms with Gasteiger partial charge in [0.25, 0.3) is 0 Å². The zero-order chi connectivity index (χ0) is 13.9. The summed E-state index contributed by atoms with van der Waals surface area (Å²) in [5, 5.41) is 13.4. The summed E-state index contributed by atoms with van der Waals surface area (Å²) in [5.74, 6) is 0.755. The molecule has 0 radical (unpaired) electrons. The molecule has 2 aromatic rings. The fraction of sp³-hybridized carbons (Fsp3) is 0.333. The molecule has 0 aliphatic carbocycles. The van der Waals surface area contributed by atoms with Gasteiger partial charge in [-0.2, -0.15) is 16.6 Å². The number of anilines is 1. The molecule has 1 saturated heterocycles. The lowest BCUT2D eigenvalue weighted by molar-refractivity contribution is -0.0174. The first-order valence-electron chi connectivity index (χ1n) is 6.55. The summed E-state index contributed by atoms with van der Waals surface area (Å²) < 4.78 is 6.01. The number of hydrogen-bond donors (Lipinski definition) is 0. The highest BCUT2D eigenvalue weighted by molar-refractivity contribution is 7.07. The van der Waals surface area contributed by atoms with Crippen LogP contribution < -0.4 is 4.90 Å². The Hall–Kier alpha value is -1.90. The van der Waals surface area contributed by atoms with Gasteiger partial charge in [0, 0.05) is 19.3 Å². The predicted octanol–water partition coefficient (Wildman–Crippen LogP) is 2.98. The van der Waals surface area contributed by atoms with Crippen LogP contribution in [-0.2, 0) is 4.74 Å². The predicted molar refractivity (Wildman–Crippen MR) is 78.8 cm³/mol. The lowest BCUT2D eigenvalue weighted by atomic mass is 10.1. The Morgan fingerprint density at radius 3 is 3.10 bits per heavy atom. The van der Waals surface area contributed by atoms with Gasteiger partial charge in [0.1, 0.15) is 18.0 Å². The molecule has 0 spiro atoms. The number of morpholine rings is 1. The molecule has 1 aliphatic heterocycles. The second-order valence-electron chi connectivity index (χ2n) is 4.88. The molecule has 102 valence electrons. The maximum atomic E-state index is 9.22. The van der Waals surface area contributed by atoms with Gasteiger partial charge < -0.3 is 9.64 Å². The average Bonchev–Trinajstić information content (AvgIpc) is 3.01. The molecule has 1 fully saturated rings. The maximum absolute atomic E-state index is 9.22. The van der Waals surface area contributed by atoms with E-state index >= 15 is 0 Å². The minimum atomic E-state index is 0.0403. The number of rotatable bonds is 2. The number of aromatic nitrogens is 1. The lowest BCUT2D eigenvalue weighted by Gasteiger charge is -2.37. The van der Waals surface area contributed by atoms with Gasteiger partial charge in [-0.05, 0) is 41.4 Å². The van der Waals surface area contributed by atoms with Gasteiger partial charge in [0.05, 0.1) is 11.7 Å². The molecule has 1 aliphatic rings. The summed E-state index contributed by atoms with van der Waals surface area (Å²) >= 11 is 1.67. The van der Waals surface area contributed by atoms with Crippen molar-refractivity contribution in [3.05, 3.63) is 46.3 Å². The number of nitriles is 1. The van der Waals surface area contributed by atoms with Crippen molar-refractivity contribution in [1.82, 2.24) is 4.98 Å². The zero-order valence-corrected chi connectivity index (χ0v) is 12.0. The monoisotopic (exact) mass is 285 g/mol. The van der Waals surface area contributed by atoms with Gasteiger partial charge in [-0.1, -0.05) is 0 Å². The first kappa shape index (κ1) is 13.1. The highest BCUT2D eigenvalue weighted by atomic mass is 32.1. The van der Waals surface area contributed by atoms with Crippen LogP contribution in [0.1, 0.15) is 24.2 Å². The largest absolute Gasteiger partial charge is 0.367 e. The number of ether oxygens (including phenoxy) is 1. The van der Waals surface area contributed by atoms with Crippen molar-refractivity contribution < 1.29 is 4.74 Å². The van der Waals surface area contributed by atoms with Gasteiger partial charge >= 0.3 is 0 Å². The van der Waals surface area contributed by atoms with Gasteiger partial charge in [0.15, 0.2) is 0 Å². The van der Waals surface area contributed by atoms with E-state index < -0.39 is 0 Å². The Morgan fingerprint density at radius 2 is 2.35 bits per heavy atom. The fourth-order valence-electron chi connectivity index (χ4n) is 2.50.